The van der Waals surface area contributed by atoms with Gasteiger partial charge in [0.25, 0.3) is 0 Å². The molecule has 2 aromatic heterocycles. The minimum absolute atomic E-state index is 0.113. The van der Waals surface area contributed by atoms with Gasteiger partial charge in [-0.05, 0) is 0 Å². The zero-order valence-electron chi connectivity index (χ0n) is 23.4. The zero-order valence-corrected chi connectivity index (χ0v) is 25.1. The number of hydrogen-bond donors (Lipinski definition) is 4. The molecule has 0 spiro atoms. The monoisotopic (exact) mass is 649 g/mol. The van der Waals surface area contributed by atoms with E-state index in [4.69, 9.17) is 4.74 Å². The number of anilines is 2. The van der Waals surface area contributed by atoms with Crippen LogP contribution in [0.15, 0.2) is 42.6 Å². The molecule has 4 N–H and O–H groups in total. The number of nitrogens with one attached hydrogen (secondary N) is 3. The van der Waals surface area contributed by atoms with Gasteiger partial charge in [-0.3, -0.25) is 0 Å². The summed E-state index contributed by atoms with van der Waals surface area (Å²) in [4.78, 5) is 14.3. The van der Waals surface area contributed by atoms with E-state index in [0.29, 0.717) is 40.7 Å². The Kier molecular flexibility index (Phi) is 9.23. The van der Waals surface area contributed by atoms with Gasteiger partial charge < -0.3 is 0 Å². The van der Waals surface area contributed by atoms with E-state index in [2.05, 4.69) is 32.7 Å². The first-order valence-corrected chi connectivity index (χ1v) is 15.6. The van der Waals surface area contributed by atoms with Crippen LogP contribution in [-0.2, 0) is 0 Å². The predicted molar refractivity (Wildman–Crippen MR) is 158 cm³/mol. The van der Waals surface area contributed by atoms with Gasteiger partial charge in [-0.15, -0.1) is 0 Å². The molecule has 2 aliphatic heterocycles. The SMILES string of the molecule is CNC(=O)c1ccc(NCC#Cc2cc3c(N[C@@H]4CC[C@@H]5CC[C@H]4N5CCO)cccn3c2[Se]C(F)(F)F)c(OC)c1. The third kappa shape index (κ3) is 6.50. The van der Waals surface area contributed by atoms with Crippen molar-refractivity contribution in [1.29, 1.82) is 0 Å². The van der Waals surface area contributed by atoms with Crippen LogP contribution in [0.1, 0.15) is 41.6 Å². The molecule has 1 amide bonds. The van der Waals surface area contributed by atoms with Crippen LogP contribution in [-0.4, -0.2) is 92.3 Å². The number of rotatable bonds is 9. The molecule has 0 unspecified atom stereocenters. The van der Waals surface area contributed by atoms with Crippen LogP contribution < -0.4 is 25.3 Å². The quantitative estimate of drug-likeness (QED) is 0.211. The Morgan fingerprint density at radius 1 is 1.17 bits per heavy atom. The van der Waals surface area contributed by atoms with Crippen molar-refractivity contribution in [2.75, 3.05) is 44.5 Å². The van der Waals surface area contributed by atoms with Crippen LogP contribution in [0.5, 0.6) is 5.75 Å². The first-order chi connectivity index (χ1) is 20.2. The molecule has 0 saturated carbocycles. The van der Waals surface area contributed by atoms with Crippen molar-refractivity contribution in [2.45, 2.75) is 48.9 Å². The maximum absolute atomic E-state index is 13.7. The second-order valence-corrected chi connectivity index (χ2v) is 12.5. The van der Waals surface area contributed by atoms with E-state index in [0.717, 1.165) is 31.4 Å². The van der Waals surface area contributed by atoms with Gasteiger partial charge in [0.15, 0.2) is 0 Å². The number of fused-ring (bicyclic) bond motifs is 3. The fourth-order valence-corrected chi connectivity index (χ4v) is 7.57. The molecule has 4 heterocycles. The van der Waals surface area contributed by atoms with Gasteiger partial charge in [0.2, 0.25) is 0 Å². The molecule has 5 rings (SSSR count). The first-order valence-electron chi connectivity index (χ1n) is 13.9. The van der Waals surface area contributed by atoms with Crippen molar-refractivity contribution in [1.82, 2.24) is 14.6 Å². The van der Waals surface area contributed by atoms with Crippen molar-refractivity contribution in [3.63, 3.8) is 0 Å². The number of ether oxygens (including phenoxy) is 1. The summed E-state index contributed by atoms with van der Waals surface area (Å²) >= 11 is -1.80. The van der Waals surface area contributed by atoms with Crippen LogP contribution in [0.4, 0.5) is 24.5 Å². The van der Waals surface area contributed by atoms with Gasteiger partial charge in [0, 0.05) is 7.05 Å². The van der Waals surface area contributed by atoms with E-state index in [-0.39, 0.29) is 35.7 Å². The Hall–Kier alpha value is -3.36. The number of carbonyl (C=O) groups excluding carboxylic acids is 1. The van der Waals surface area contributed by atoms with Gasteiger partial charge in [-0.1, -0.05) is 0 Å². The summed E-state index contributed by atoms with van der Waals surface area (Å²) in [5.74, 6) is 6.14. The predicted octanol–water partition coefficient (Wildman–Crippen LogP) is 3.02. The van der Waals surface area contributed by atoms with Gasteiger partial charge in [-0.25, -0.2) is 0 Å². The van der Waals surface area contributed by atoms with Gasteiger partial charge >= 0.3 is 242 Å². The number of benzene rings is 1. The summed E-state index contributed by atoms with van der Waals surface area (Å²) in [6.07, 6.45) is 5.82. The molecule has 8 nitrogen and oxygen atoms in total. The number of piperidine rings is 1. The topological polar surface area (TPSA) is 90.3 Å². The average molecular weight is 649 g/mol. The fourth-order valence-electron chi connectivity index (χ4n) is 6.10. The zero-order chi connectivity index (χ0) is 29.9. The third-order valence-corrected chi connectivity index (χ3v) is 9.69. The molecule has 2 aliphatic rings. The molecular formula is C30H34F3N5O3Se. The van der Waals surface area contributed by atoms with Crippen LogP contribution in [0.25, 0.3) is 5.52 Å². The van der Waals surface area contributed by atoms with E-state index in [1.165, 1.54) is 7.11 Å². The molecule has 2 saturated heterocycles. The third-order valence-electron chi connectivity index (χ3n) is 7.92. The number of halogens is 3. The van der Waals surface area contributed by atoms with E-state index in [1.54, 1.807) is 48.0 Å². The molecule has 12 heteroatoms. The van der Waals surface area contributed by atoms with Crippen LogP contribution in [0.3, 0.4) is 0 Å². The number of nitrogens with zero attached hydrogens (tertiary/aromatic N) is 2. The Labute approximate surface area is 249 Å². The summed E-state index contributed by atoms with van der Waals surface area (Å²) in [6, 6.07) is 11.3. The normalized spacial score (nSPS) is 20.2. The second-order valence-electron chi connectivity index (χ2n) is 10.3. The van der Waals surface area contributed by atoms with Crippen molar-refractivity contribution in [3.05, 3.63) is 53.7 Å². The van der Waals surface area contributed by atoms with Gasteiger partial charge in [-0.2, -0.15) is 0 Å². The average Bonchev–Trinajstić information content (AvgIpc) is 3.45. The molecule has 0 radical (unpaired) electrons. The van der Waals surface area contributed by atoms with Crippen LogP contribution in [0.2, 0.25) is 0 Å². The second kappa shape index (κ2) is 12.9. The Bertz CT molecular complexity index is 1500. The molecule has 224 valence electrons. The number of aromatic nitrogens is 1. The fraction of sp³-hybridized carbons (Fsp3) is 0.433. The molecular weight excluding hydrogens is 614 g/mol. The van der Waals surface area contributed by atoms with Crippen LogP contribution in [0, 0.1) is 11.8 Å². The molecule has 42 heavy (non-hydrogen) atoms. The first kappa shape index (κ1) is 30.1. The summed E-state index contributed by atoms with van der Waals surface area (Å²) in [6.45, 7) is 0.915. The number of carbonyl (C=O) groups is 1. The van der Waals surface area contributed by atoms with Crippen molar-refractivity contribution >= 4 is 42.3 Å². The van der Waals surface area contributed by atoms with Crippen molar-refractivity contribution in [2.24, 2.45) is 0 Å². The Morgan fingerprint density at radius 3 is 2.71 bits per heavy atom. The number of aliphatic hydroxyl groups excluding tert-OH is 1. The number of amides is 1. The molecule has 2 fully saturated rings. The number of methoxy groups -OCH3 is 1. The summed E-state index contributed by atoms with van der Waals surface area (Å²) < 4.78 is 48.2. The number of alkyl halides is 3. The molecule has 1 aromatic carbocycles. The summed E-state index contributed by atoms with van der Waals surface area (Å²) in [7, 11) is 3.04. The molecule has 3 atom stereocenters. The Balaban J connectivity index is 1.39. The molecule has 2 bridgehead atoms. The molecule has 0 aliphatic carbocycles. The maximum atomic E-state index is 13.7. The van der Waals surface area contributed by atoms with E-state index >= 15 is 0 Å². The van der Waals surface area contributed by atoms with Crippen molar-refractivity contribution in [3.8, 4) is 17.6 Å². The van der Waals surface area contributed by atoms with Crippen LogP contribution >= 0.6 is 0 Å². The van der Waals surface area contributed by atoms with E-state index in [1.807, 2.05) is 6.07 Å². The molecule has 3 aromatic rings. The number of pyridine rings is 1. The summed E-state index contributed by atoms with van der Waals surface area (Å²) in [5, 5.41) is 14.5. The summed E-state index contributed by atoms with van der Waals surface area (Å²) in [5.41, 5.74) is 2.85. The number of hydrogen-bond acceptors (Lipinski definition) is 6. The van der Waals surface area contributed by atoms with Crippen molar-refractivity contribution < 1.29 is 27.8 Å². The van der Waals surface area contributed by atoms with E-state index < -0.39 is 20.0 Å². The Morgan fingerprint density at radius 2 is 1.98 bits per heavy atom. The minimum atomic E-state index is -4.34. The van der Waals surface area contributed by atoms with E-state index in [9.17, 15) is 23.1 Å². The van der Waals surface area contributed by atoms with Gasteiger partial charge in [0.05, 0.1) is 0 Å². The standard InChI is InChI=1S/C30H34F3N5O3Se/c1-34-28(40)19-7-10-24(27(18-19)41-2)35-13-3-5-20-17-26-22(6-4-14-38(26)29(20)42-30(31,32)33)36-23-11-8-21-9-12-25(23)37(21)15-16-39/h4,6-7,10,14,17-18,21,23,25,35-36,39H,8-9,11-13,15-16H2,1-2H3,(H,34,40)/t21-,23-,25-/m1/s1. The number of aliphatic hydroxyl groups is 1. The van der Waals surface area contributed by atoms with Gasteiger partial charge in [0.1, 0.15) is 0 Å².